The second kappa shape index (κ2) is 11.8. The van der Waals surface area contributed by atoms with Gasteiger partial charge in [0.1, 0.15) is 24.0 Å². The lowest BCUT2D eigenvalue weighted by Gasteiger charge is -2.20. The van der Waals surface area contributed by atoms with Gasteiger partial charge in [-0.2, -0.15) is 15.1 Å². The Morgan fingerprint density at radius 3 is 2.64 bits per heavy atom. The number of hydrogen-bond donors (Lipinski definition) is 1. The van der Waals surface area contributed by atoms with Crippen LogP contribution >= 0.6 is 11.8 Å². The zero-order valence-electron chi connectivity index (χ0n) is 21.2. The third-order valence-electron chi connectivity index (χ3n) is 5.80. The molecule has 0 fully saturated rings. The molecule has 5 rings (SSSR count). The molecular weight excluding hydrogens is 514 g/mol. The number of para-hydroxylation sites is 1. The number of carbonyl (C=O) groups excluding carboxylic acids is 1. The van der Waals surface area contributed by atoms with Gasteiger partial charge in [0.05, 0.1) is 12.7 Å². The number of nitrogens with zero attached hydrogens (tertiary/aromatic N) is 4. The Kier molecular flexibility index (Phi) is 7.83. The van der Waals surface area contributed by atoms with Crippen molar-refractivity contribution in [2.45, 2.75) is 6.42 Å². The Labute approximate surface area is 230 Å². The summed E-state index contributed by atoms with van der Waals surface area (Å²) < 4.78 is 17.3. The van der Waals surface area contributed by atoms with Gasteiger partial charge >= 0.3 is 0 Å². The van der Waals surface area contributed by atoms with Crippen LogP contribution in [0.2, 0.25) is 0 Å². The monoisotopic (exact) mass is 539 g/mol. The highest BCUT2D eigenvalue weighted by Crippen LogP contribution is 2.32. The van der Waals surface area contributed by atoms with E-state index >= 15 is 0 Å². The fourth-order valence-corrected chi connectivity index (χ4v) is 4.81. The predicted molar refractivity (Wildman–Crippen MR) is 153 cm³/mol. The standard InChI is InChI=1S/C29H25N5O4S/c1-3-7-20-8-4-5-10-23(20)37-14-15-38-24-12-11-19(17-25(24)36-2)16-22-26(30)34-29(32-27(22)35)39-28(33-34)21-9-6-13-31-18-21/h3-6,8-13,16-18,30H,1,7,14-15H2,2H3. The molecule has 10 heteroatoms. The number of allylic oxidation sites excluding steroid dienone is 1. The lowest BCUT2D eigenvalue weighted by atomic mass is 10.1. The molecule has 2 aliphatic heterocycles. The minimum Gasteiger partial charge on any atom is -0.493 e. The molecule has 0 atom stereocenters. The Hall–Kier alpha value is -4.70. The summed E-state index contributed by atoms with van der Waals surface area (Å²) in [5.74, 6) is 1.27. The number of aliphatic imine (C=N–C) groups is 1. The van der Waals surface area contributed by atoms with Crippen molar-refractivity contribution in [3.8, 4) is 17.2 Å². The van der Waals surface area contributed by atoms with Crippen molar-refractivity contribution in [3.63, 3.8) is 0 Å². The van der Waals surface area contributed by atoms with Gasteiger partial charge in [-0.3, -0.25) is 15.2 Å². The van der Waals surface area contributed by atoms with E-state index in [1.54, 1.807) is 49.8 Å². The number of fused-ring (bicyclic) bond motifs is 1. The van der Waals surface area contributed by atoms with Crippen LogP contribution in [0.1, 0.15) is 16.7 Å². The van der Waals surface area contributed by atoms with Crippen LogP contribution in [0.4, 0.5) is 0 Å². The van der Waals surface area contributed by atoms with Crippen LogP contribution in [0.3, 0.4) is 0 Å². The molecule has 9 nitrogen and oxygen atoms in total. The molecule has 1 aromatic heterocycles. The van der Waals surface area contributed by atoms with Gasteiger partial charge in [0.25, 0.3) is 5.91 Å². The number of ether oxygens (including phenoxy) is 3. The number of amidine groups is 2. The van der Waals surface area contributed by atoms with E-state index in [2.05, 4.69) is 21.7 Å². The molecule has 2 aliphatic rings. The summed E-state index contributed by atoms with van der Waals surface area (Å²) in [6.45, 7) is 4.45. The number of amides is 1. The molecule has 2 aromatic carbocycles. The fourth-order valence-electron chi connectivity index (χ4n) is 3.93. The summed E-state index contributed by atoms with van der Waals surface area (Å²) in [7, 11) is 1.54. The Balaban J connectivity index is 1.27. The molecule has 1 amide bonds. The van der Waals surface area contributed by atoms with Crippen molar-refractivity contribution in [1.29, 1.82) is 5.41 Å². The van der Waals surface area contributed by atoms with Crippen molar-refractivity contribution in [1.82, 2.24) is 9.99 Å². The lowest BCUT2D eigenvalue weighted by molar-refractivity contribution is -0.114. The van der Waals surface area contributed by atoms with E-state index < -0.39 is 5.91 Å². The second-order valence-corrected chi connectivity index (χ2v) is 9.33. The van der Waals surface area contributed by atoms with Crippen molar-refractivity contribution in [2.24, 2.45) is 10.1 Å². The number of rotatable bonds is 10. The third-order valence-corrected chi connectivity index (χ3v) is 6.75. The van der Waals surface area contributed by atoms with Gasteiger partial charge in [-0.25, -0.2) is 0 Å². The molecule has 0 aliphatic carbocycles. The maximum atomic E-state index is 12.8. The molecule has 3 aromatic rings. The second-order valence-electron chi connectivity index (χ2n) is 8.37. The summed E-state index contributed by atoms with van der Waals surface area (Å²) in [6, 6.07) is 16.8. The number of thioether (sulfide) groups is 1. The summed E-state index contributed by atoms with van der Waals surface area (Å²) in [5.41, 5.74) is 2.63. The van der Waals surface area contributed by atoms with Gasteiger partial charge in [-0.05, 0) is 65.7 Å². The molecule has 0 saturated heterocycles. The first kappa shape index (κ1) is 25.9. The SMILES string of the molecule is C=CCc1ccccc1OCCOc1ccc(C=C2C(=N)N3N=C(c4cccnc4)SC3=NC2=O)cc1OC. The maximum Gasteiger partial charge on any atom is 0.283 e. The van der Waals surface area contributed by atoms with E-state index in [-0.39, 0.29) is 11.4 Å². The number of benzene rings is 2. The van der Waals surface area contributed by atoms with E-state index in [0.29, 0.717) is 40.5 Å². The van der Waals surface area contributed by atoms with Gasteiger partial charge in [0, 0.05) is 18.0 Å². The molecule has 0 unspecified atom stereocenters. The van der Waals surface area contributed by atoms with Gasteiger partial charge in [0.15, 0.2) is 17.3 Å². The Morgan fingerprint density at radius 2 is 1.87 bits per heavy atom. The van der Waals surface area contributed by atoms with Crippen molar-refractivity contribution in [2.75, 3.05) is 20.3 Å². The van der Waals surface area contributed by atoms with E-state index in [4.69, 9.17) is 19.6 Å². The largest absolute Gasteiger partial charge is 0.493 e. The number of hydrogen-bond acceptors (Lipinski definition) is 8. The van der Waals surface area contributed by atoms with Gasteiger partial charge in [-0.15, -0.1) is 6.58 Å². The predicted octanol–water partition coefficient (Wildman–Crippen LogP) is 4.94. The van der Waals surface area contributed by atoms with E-state index in [1.807, 2.05) is 36.4 Å². The fraction of sp³-hybridized carbons (Fsp3) is 0.138. The summed E-state index contributed by atoms with van der Waals surface area (Å²) in [4.78, 5) is 21.1. The van der Waals surface area contributed by atoms with Gasteiger partial charge in [0.2, 0.25) is 5.17 Å². The summed E-state index contributed by atoms with van der Waals surface area (Å²) >= 11 is 1.23. The molecular formula is C29H25N5O4S. The number of pyridine rings is 1. The molecule has 196 valence electrons. The molecule has 3 heterocycles. The number of hydrazone groups is 1. The molecule has 39 heavy (non-hydrogen) atoms. The van der Waals surface area contributed by atoms with Gasteiger partial charge in [-0.1, -0.05) is 30.3 Å². The first-order chi connectivity index (χ1) is 19.1. The highest BCUT2D eigenvalue weighted by atomic mass is 32.2. The average molecular weight is 540 g/mol. The molecule has 1 N–H and O–H groups in total. The molecule has 0 saturated carbocycles. The van der Waals surface area contributed by atoms with Crippen molar-refractivity contribution >= 4 is 39.8 Å². The summed E-state index contributed by atoms with van der Waals surface area (Å²) in [5, 5.41) is 15.4. The number of aromatic nitrogens is 1. The van der Waals surface area contributed by atoms with Crippen LogP contribution in [-0.2, 0) is 11.2 Å². The zero-order chi connectivity index (χ0) is 27.2. The van der Waals surface area contributed by atoms with E-state index in [1.165, 1.54) is 16.8 Å². The Bertz CT molecular complexity index is 1520. The minimum atomic E-state index is -0.505. The average Bonchev–Trinajstić information content (AvgIpc) is 3.39. The normalized spacial score (nSPS) is 15.5. The van der Waals surface area contributed by atoms with Crippen LogP contribution in [0, 0.1) is 5.41 Å². The number of methoxy groups -OCH3 is 1. The topological polar surface area (TPSA) is 109 Å². The smallest absolute Gasteiger partial charge is 0.283 e. The first-order valence-electron chi connectivity index (χ1n) is 12.1. The van der Waals surface area contributed by atoms with Gasteiger partial charge < -0.3 is 14.2 Å². The maximum absolute atomic E-state index is 12.8. The first-order valence-corrected chi connectivity index (χ1v) is 12.9. The number of nitrogens with one attached hydrogen (secondary N) is 1. The van der Waals surface area contributed by atoms with Crippen LogP contribution in [0.5, 0.6) is 17.2 Å². The zero-order valence-corrected chi connectivity index (χ0v) is 22.0. The van der Waals surface area contributed by atoms with Crippen LogP contribution in [0.15, 0.2) is 95.3 Å². The van der Waals surface area contributed by atoms with Crippen LogP contribution in [-0.4, -0.2) is 52.3 Å². The highest BCUT2D eigenvalue weighted by molar-refractivity contribution is 8.27. The number of carbonyl (C=O) groups is 1. The molecule has 0 radical (unpaired) electrons. The highest BCUT2D eigenvalue weighted by Gasteiger charge is 2.36. The summed E-state index contributed by atoms with van der Waals surface area (Å²) in [6.07, 6.45) is 7.51. The molecule has 0 bridgehead atoms. The third kappa shape index (κ3) is 5.75. The van der Waals surface area contributed by atoms with Crippen molar-refractivity contribution < 1.29 is 19.0 Å². The van der Waals surface area contributed by atoms with Crippen LogP contribution < -0.4 is 14.2 Å². The lowest BCUT2D eigenvalue weighted by Crippen LogP contribution is -2.35. The van der Waals surface area contributed by atoms with Crippen LogP contribution in [0.25, 0.3) is 6.08 Å². The van der Waals surface area contributed by atoms with E-state index in [9.17, 15) is 4.79 Å². The minimum absolute atomic E-state index is 0.0513. The quantitative estimate of drug-likeness (QED) is 0.221. The molecule has 0 spiro atoms. The van der Waals surface area contributed by atoms with Crippen molar-refractivity contribution in [3.05, 3.63) is 102 Å². The van der Waals surface area contributed by atoms with E-state index in [0.717, 1.165) is 23.3 Å². The Morgan fingerprint density at radius 1 is 1.05 bits per heavy atom.